The van der Waals surface area contributed by atoms with Gasteiger partial charge in [-0.2, -0.15) is 0 Å². The Morgan fingerprint density at radius 1 is 1.29 bits per heavy atom. The van der Waals surface area contributed by atoms with Crippen molar-refractivity contribution in [3.05, 3.63) is 28.2 Å². The van der Waals surface area contributed by atoms with Crippen LogP contribution in [0.15, 0.2) is 27.7 Å². The average Bonchev–Trinajstić information content (AvgIpc) is 2.55. The molecule has 24 heavy (non-hydrogen) atoms. The van der Waals surface area contributed by atoms with Crippen LogP contribution >= 0.6 is 15.9 Å². The van der Waals surface area contributed by atoms with Crippen LogP contribution in [0.4, 0.5) is 5.69 Å². The molecule has 1 aromatic carbocycles. The van der Waals surface area contributed by atoms with E-state index in [1.807, 2.05) is 39.0 Å². The van der Waals surface area contributed by atoms with Crippen LogP contribution < -0.4 is 16.0 Å². The lowest BCUT2D eigenvalue weighted by Crippen LogP contribution is -2.38. The van der Waals surface area contributed by atoms with Crippen LogP contribution in [-0.4, -0.2) is 44.7 Å². The van der Waals surface area contributed by atoms with E-state index in [4.69, 9.17) is 4.74 Å². The number of carbonyl (C=O) groups is 1. The number of nitrogens with zero attached hydrogens (tertiary/aromatic N) is 1. The highest BCUT2D eigenvalue weighted by Crippen LogP contribution is 2.20. The largest absolute Gasteiger partial charge is 0.382 e. The van der Waals surface area contributed by atoms with Crippen molar-refractivity contribution in [3.8, 4) is 0 Å². The van der Waals surface area contributed by atoms with Crippen molar-refractivity contribution in [1.29, 1.82) is 0 Å². The van der Waals surface area contributed by atoms with Crippen molar-refractivity contribution in [1.82, 2.24) is 10.6 Å². The van der Waals surface area contributed by atoms with Gasteiger partial charge < -0.3 is 20.7 Å². The normalized spacial score (nSPS) is 11.2. The molecule has 0 aliphatic rings. The fraction of sp³-hybridized carbons (Fsp3) is 0.529. The molecule has 0 aromatic heterocycles. The van der Waals surface area contributed by atoms with Gasteiger partial charge >= 0.3 is 0 Å². The first-order valence-electron chi connectivity index (χ1n) is 8.22. The molecule has 1 aromatic rings. The molecule has 134 valence electrons. The van der Waals surface area contributed by atoms with Crippen LogP contribution in [-0.2, 0) is 9.53 Å². The van der Waals surface area contributed by atoms with Crippen LogP contribution in [0.3, 0.4) is 0 Å². The van der Waals surface area contributed by atoms with E-state index in [1.54, 1.807) is 0 Å². The maximum Gasteiger partial charge on any atom is 0.246 e. The van der Waals surface area contributed by atoms with Gasteiger partial charge in [-0.15, -0.1) is 0 Å². The molecule has 0 aliphatic carbocycles. The molecule has 0 aliphatic heterocycles. The summed E-state index contributed by atoms with van der Waals surface area (Å²) in [6, 6.07) is 5.78. The molecule has 0 fully saturated rings. The number of anilines is 1. The molecule has 0 unspecified atom stereocenters. The minimum Gasteiger partial charge on any atom is -0.382 e. The summed E-state index contributed by atoms with van der Waals surface area (Å²) in [7, 11) is 0. The summed E-state index contributed by atoms with van der Waals surface area (Å²) in [6.07, 6.45) is 0.891. The first-order chi connectivity index (χ1) is 11.6. The number of carbonyl (C=O) groups excluding carboxylic acids is 1. The van der Waals surface area contributed by atoms with E-state index in [9.17, 15) is 4.79 Å². The molecule has 6 nitrogen and oxygen atoms in total. The zero-order valence-corrected chi connectivity index (χ0v) is 16.2. The van der Waals surface area contributed by atoms with Gasteiger partial charge in [0.2, 0.25) is 5.91 Å². The highest BCUT2D eigenvalue weighted by atomic mass is 79.9. The highest BCUT2D eigenvalue weighted by Gasteiger charge is 2.06. The Morgan fingerprint density at radius 2 is 2.08 bits per heavy atom. The van der Waals surface area contributed by atoms with Crippen molar-refractivity contribution in [3.63, 3.8) is 0 Å². The van der Waals surface area contributed by atoms with Crippen molar-refractivity contribution in [2.45, 2.75) is 27.2 Å². The standard InChI is InChI=1S/C17H27BrN4O2/c1-4-19-17(20-9-6-10-24-5-2)21-12-16(23)22-15-11-14(18)8-7-13(15)3/h7-8,11H,4-6,9-10,12H2,1-3H3,(H,22,23)(H2,19,20,21). The van der Waals surface area contributed by atoms with E-state index in [2.05, 4.69) is 36.9 Å². The molecular formula is C17H27BrN4O2. The van der Waals surface area contributed by atoms with Crippen molar-refractivity contribution in [2.24, 2.45) is 4.99 Å². The van der Waals surface area contributed by atoms with Crippen LogP contribution in [0.1, 0.15) is 25.8 Å². The van der Waals surface area contributed by atoms with Crippen LogP contribution in [0.5, 0.6) is 0 Å². The minimum absolute atomic E-state index is 0.0622. The second-order valence-electron chi connectivity index (χ2n) is 5.18. The Kier molecular flexibility index (Phi) is 10.1. The third-order valence-corrected chi connectivity index (χ3v) is 3.65. The number of hydrogen-bond donors (Lipinski definition) is 3. The maximum absolute atomic E-state index is 12.1. The molecule has 0 saturated heterocycles. The Bertz CT molecular complexity index is 549. The van der Waals surface area contributed by atoms with E-state index in [0.717, 1.165) is 41.8 Å². The predicted molar refractivity (Wildman–Crippen MR) is 103 cm³/mol. The van der Waals surface area contributed by atoms with E-state index < -0.39 is 0 Å². The van der Waals surface area contributed by atoms with Crippen molar-refractivity contribution in [2.75, 3.05) is 38.2 Å². The molecule has 7 heteroatoms. The summed E-state index contributed by atoms with van der Waals surface area (Å²) in [4.78, 5) is 16.4. The third kappa shape index (κ3) is 8.31. The first-order valence-corrected chi connectivity index (χ1v) is 9.02. The molecule has 0 radical (unpaired) electrons. The number of guanidine groups is 1. The quantitative estimate of drug-likeness (QED) is 0.339. The molecule has 0 heterocycles. The summed E-state index contributed by atoms with van der Waals surface area (Å²) in [5.41, 5.74) is 1.80. The van der Waals surface area contributed by atoms with Gasteiger partial charge in [0.05, 0.1) is 0 Å². The fourth-order valence-corrected chi connectivity index (χ4v) is 2.30. The Labute approximate surface area is 152 Å². The van der Waals surface area contributed by atoms with Crippen LogP contribution in [0, 0.1) is 6.92 Å². The number of aryl methyl sites for hydroxylation is 1. The first kappa shape index (κ1) is 20.4. The van der Waals surface area contributed by atoms with E-state index in [-0.39, 0.29) is 12.5 Å². The minimum atomic E-state index is -0.150. The van der Waals surface area contributed by atoms with Crippen molar-refractivity contribution < 1.29 is 9.53 Å². The SMILES string of the molecule is CCNC(=NCC(=O)Nc1cc(Br)ccc1C)NCCCOCC. The number of rotatable bonds is 9. The zero-order valence-electron chi connectivity index (χ0n) is 14.6. The number of nitrogens with one attached hydrogen (secondary N) is 3. The molecule has 1 rings (SSSR count). The Balaban J connectivity index is 2.49. The van der Waals surface area contributed by atoms with Gasteiger partial charge in [0.1, 0.15) is 6.54 Å². The van der Waals surface area contributed by atoms with Gasteiger partial charge in [0.25, 0.3) is 0 Å². The number of benzene rings is 1. The number of ether oxygens (including phenoxy) is 1. The van der Waals surface area contributed by atoms with Crippen LogP contribution in [0.25, 0.3) is 0 Å². The second kappa shape index (κ2) is 11.9. The predicted octanol–water partition coefficient (Wildman–Crippen LogP) is 2.68. The summed E-state index contributed by atoms with van der Waals surface area (Å²) in [5, 5.41) is 9.20. The molecule has 1 amide bonds. The summed E-state index contributed by atoms with van der Waals surface area (Å²) >= 11 is 3.41. The van der Waals surface area contributed by atoms with Gasteiger partial charge in [-0.05, 0) is 44.9 Å². The molecule has 0 saturated carbocycles. The van der Waals surface area contributed by atoms with E-state index >= 15 is 0 Å². The Morgan fingerprint density at radius 3 is 2.79 bits per heavy atom. The lowest BCUT2D eigenvalue weighted by Gasteiger charge is -2.12. The number of aliphatic imine (C=N–C) groups is 1. The topological polar surface area (TPSA) is 74.8 Å². The zero-order chi connectivity index (χ0) is 17.8. The molecule has 3 N–H and O–H groups in total. The molecule has 0 spiro atoms. The summed E-state index contributed by atoms with van der Waals surface area (Å²) in [5.74, 6) is 0.484. The number of hydrogen-bond acceptors (Lipinski definition) is 3. The van der Waals surface area contributed by atoms with Crippen molar-refractivity contribution >= 4 is 33.5 Å². The van der Waals surface area contributed by atoms with Crippen LogP contribution in [0.2, 0.25) is 0 Å². The molecule has 0 atom stereocenters. The molecular weight excluding hydrogens is 372 g/mol. The lowest BCUT2D eigenvalue weighted by molar-refractivity contribution is -0.114. The average molecular weight is 399 g/mol. The van der Waals surface area contributed by atoms with Gasteiger partial charge in [0, 0.05) is 36.5 Å². The summed E-state index contributed by atoms with van der Waals surface area (Å²) in [6.45, 7) is 8.91. The van der Waals surface area contributed by atoms with Gasteiger partial charge in [-0.25, -0.2) is 4.99 Å². The Hall–Kier alpha value is -1.60. The molecule has 0 bridgehead atoms. The smallest absolute Gasteiger partial charge is 0.246 e. The highest BCUT2D eigenvalue weighted by molar-refractivity contribution is 9.10. The number of amides is 1. The third-order valence-electron chi connectivity index (χ3n) is 3.16. The lowest BCUT2D eigenvalue weighted by atomic mass is 10.2. The summed E-state index contributed by atoms with van der Waals surface area (Å²) < 4.78 is 6.22. The number of halogens is 1. The van der Waals surface area contributed by atoms with E-state index in [0.29, 0.717) is 12.6 Å². The fourth-order valence-electron chi connectivity index (χ4n) is 1.94. The van der Waals surface area contributed by atoms with Gasteiger partial charge in [0.15, 0.2) is 5.96 Å². The second-order valence-corrected chi connectivity index (χ2v) is 6.10. The van der Waals surface area contributed by atoms with E-state index in [1.165, 1.54) is 0 Å². The maximum atomic E-state index is 12.1. The van der Waals surface area contributed by atoms with Gasteiger partial charge in [-0.3, -0.25) is 4.79 Å². The monoisotopic (exact) mass is 398 g/mol. The van der Waals surface area contributed by atoms with Gasteiger partial charge in [-0.1, -0.05) is 22.0 Å².